The number of carbonyl (C=O) groups is 1. The molecule has 3 heteroatoms. The van der Waals surface area contributed by atoms with Crippen molar-refractivity contribution in [3.63, 3.8) is 0 Å². The highest BCUT2D eigenvalue weighted by molar-refractivity contribution is 5.47. The molecule has 0 radical (unpaired) electrons. The van der Waals surface area contributed by atoms with Crippen molar-refractivity contribution in [1.82, 2.24) is 9.80 Å². The van der Waals surface area contributed by atoms with Crippen LogP contribution in [0.2, 0.25) is 0 Å². The lowest BCUT2D eigenvalue weighted by atomic mass is 10.0. The number of hydrogen-bond acceptors (Lipinski definition) is 2. The number of likely N-dealkylation sites (tertiary alicyclic amines) is 2. The Balaban J connectivity index is 1.50. The fourth-order valence-electron chi connectivity index (χ4n) is 2.97. The summed E-state index contributed by atoms with van der Waals surface area (Å²) in [6.45, 7) is 5.93. The lowest BCUT2D eigenvalue weighted by Gasteiger charge is -2.15. The van der Waals surface area contributed by atoms with Crippen LogP contribution in [-0.2, 0) is 4.79 Å². The molecule has 0 aromatic carbocycles. The summed E-state index contributed by atoms with van der Waals surface area (Å²) in [7, 11) is 0. The Hall–Kier alpha value is -0.570. The lowest BCUT2D eigenvalue weighted by molar-refractivity contribution is -0.117. The van der Waals surface area contributed by atoms with Gasteiger partial charge >= 0.3 is 0 Å². The second kappa shape index (κ2) is 6.24. The van der Waals surface area contributed by atoms with Gasteiger partial charge in [0, 0.05) is 13.1 Å². The molecule has 2 saturated heterocycles. The predicted molar refractivity (Wildman–Crippen MR) is 65.3 cm³/mol. The molecule has 0 bridgehead atoms. The molecule has 0 N–H and O–H groups in total. The molecule has 1 atom stereocenters. The number of rotatable bonds is 6. The molecule has 0 aromatic heterocycles. The highest BCUT2D eigenvalue weighted by atomic mass is 16.1. The molecule has 0 aliphatic carbocycles. The van der Waals surface area contributed by atoms with Gasteiger partial charge in [0.05, 0.1) is 0 Å². The highest BCUT2D eigenvalue weighted by Crippen LogP contribution is 2.20. The molecule has 2 fully saturated rings. The summed E-state index contributed by atoms with van der Waals surface area (Å²) in [4.78, 5) is 15.1. The van der Waals surface area contributed by atoms with Gasteiger partial charge in [0.15, 0.2) is 0 Å². The van der Waals surface area contributed by atoms with Crippen molar-refractivity contribution >= 4 is 6.41 Å². The van der Waals surface area contributed by atoms with Crippen LogP contribution < -0.4 is 0 Å². The van der Waals surface area contributed by atoms with Crippen molar-refractivity contribution in [3.8, 4) is 0 Å². The molecular formula is C13H24N2O. The van der Waals surface area contributed by atoms with Gasteiger partial charge in [-0.05, 0) is 57.7 Å². The van der Waals surface area contributed by atoms with Crippen LogP contribution >= 0.6 is 0 Å². The summed E-state index contributed by atoms with van der Waals surface area (Å²) in [5.74, 6) is 0.781. The van der Waals surface area contributed by atoms with Gasteiger partial charge in [0.2, 0.25) is 6.41 Å². The molecule has 16 heavy (non-hydrogen) atoms. The van der Waals surface area contributed by atoms with E-state index in [0.717, 1.165) is 25.4 Å². The maximum Gasteiger partial charge on any atom is 0.209 e. The van der Waals surface area contributed by atoms with E-state index in [1.54, 1.807) is 0 Å². The van der Waals surface area contributed by atoms with Crippen molar-refractivity contribution in [1.29, 1.82) is 0 Å². The van der Waals surface area contributed by atoms with Gasteiger partial charge in [-0.25, -0.2) is 0 Å². The van der Waals surface area contributed by atoms with Crippen molar-refractivity contribution in [2.45, 2.75) is 38.5 Å². The minimum absolute atomic E-state index is 0.781. The van der Waals surface area contributed by atoms with Crippen LogP contribution in [0.3, 0.4) is 0 Å². The maximum absolute atomic E-state index is 10.6. The summed E-state index contributed by atoms with van der Waals surface area (Å²) in [6, 6.07) is 0. The Bertz CT molecular complexity index is 214. The van der Waals surface area contributed by atoms with Crippen molar-refractivity contribution in [2.75, 3.05) is 32.7 Å². The summed E-state index contributed by atoms with van der Waals surface area (Å²) < 4.78 is 0. The standard InChI is InChI=1S/C13H24N2O/c16-12-15-10-6-13(11-15)5-1-2-7-14-8-3-4-9-14/h12-13H,1-11H2. The molecule has 0 saturated carbocycles. The zero-order chi connectivity index (χ0) is 11.2. The summed E-state index contributed by atoms with van der Waals surface area (Å²) in [6.07, 6.45) is 9.03. The lowest BCUT2D eigenvalue weighted by Crippen LogP contribution is -2.20. The Morgan fingerprint density at radius 3 is 2.62 bits per heavy atom. The van der Waals surface area contributed by atoms with Crippen LogP contribution in [0.1, 0.15) is 38.5 Å². The van der Waals surface area contributed by atoms with E-state index in [9.17, 15) is 4.79 Å². The van der Waals surface area contributed by atoms with Crippen LogP contribution in [0.25, 0.3) is 0 Å². The zero-order valence-corrected chi connectivity index (χ0v) is 10.2. The van der Waals surface area contributed by atoms with E-state index < -0.39 is 0 Å². The number of nitrogens with zero attached hydrogens (tertiary/aromatic N) is 2. The van der Waals surface area contributed by atoms with Gasteiger partial charge in [-0.1, -0.05) is 6.42 Å². The van der Waals surface area contributed by atoms with E-state index in [0.29, 0.717) is 0 Å². The molecule has 92 valence electrons. The van der Waals surface area contributed by atoms with Crippen LogP contribution in [0.5, 0.6) is 0 Å². The van der Waals surface area contributed by atoms with E-state index in [2.05, 4.69) is 4.90 Å². The van der Waals surface area contributed by atoms with Gasteiger partial charge in [0.25, 0.3) is 0 Å². The molecule has 1 amide bonds. The first-order valence-electron chi connectivity index (χ1n) is 6.80. The van der Waals surface area contributed by atoms with Crippen molar-refractivity contribution in [2.24, 2.45) is 5.92 Å². The summed E-state index contributed by atoms with van der Waals surface area (Å²) in [5.41, 5.74) is 0. The highest BCUT2D eigenvalue weighted by Gasteiger charge is 2.20. The van der Waals surface area contributed by atoms with Gasteiger partial charge in [-0.3, -0.25) is 4.79 Å². The third-order valence-electron chi connectivity index (χ3n) is 4.00. The first kappa shape index (κ1) is 11.9. The van der Waals surface area contributed by atoms with Crippen molar-refractivity contribution in [3.05, 3.63) is 0 Å². The fraction of sp³-hybridized carbons (Fsp3) is 0.923. The molecule has 3 nitrogen and oxygen atoms in total. The molecule has 0 spiro atoms. The largest absolute Gasteiger partial charge is 0.345 e. The zero-order valence-electron chi connectivity index (χ0n) is 10.2. The smallest absolute Gasteiger partial charge is 0.209 e. The van der Waals surface area contributed by atoms with Gasteiger partial charge in [-0.15, -0.1) is 0 Å². The average molecular weight is 224 g/mol. The van der Waals surface area contributed by atoms with Crippen LogP contribution in [0.15, 0.2) is 0 Å². The van der Waals surface area contributed by atoms with Crippen LogP contribution in [-0.4, -0.2) is 48.9 Å². The molecule has 1 unspecified atom stereocenters. The number of carbonyl (C=O) groups excluding carboxylic acids is 1. The summed E-state index contributed by atoms with van der Waals surface area (Å²) in [5, 5.41) is 0. The normalized spacial score (nSPS) is 26.5. The molecular weight excluding hydrogens is 200 g/mol. The number of unbranched alkanes of at least 4 members (excludes halogenated alkanes) is 1. The Labute approximate surface area is 98.8 Å². The first-order valence-corrected chi connectivity index (χ1v) is 6.80. The summed E-state index contributed by atoms with van der Waals surface area (Å²) >= 11 is 0. The van der Waals surface area contributed by atoms with E-state index in [-0.39, 0.29) is 0 Å². The Kier molecular flexibility index (Phi) is 4.64. The topological polar surface area (TPSA) is 23.6 Å². The number of hydrogen-bond donors (Lipinski definition) is 0. The van der Waals surface area contributed by atoms with Crippen LogP contribution in [0, 0.1) is 5.92 Å². The van der Waals surface area contributed by atoms with Gasteiger partial charge in [0.1, 0.15) is 0 Å². The minimum Gasteiger partial charge on any atom is -0.345 e. The predicted octanol–water partition coefficient (Wildman–Crippen LogP) is 1.73. The molecule has 2 heterocycles. The Morgan fingerprint density at radius 2 is 1.94 bits per heavy atom. The van der Waals surface area contributed by atoms with Gasteiger partial charge in [-0.2, -0.15) is 0 Å². The molecule has 0 aromatic rings. The molecule has 2 aliphatic rings. The van der Waals surface area contributed by atoms with E-state index in [4.69, 9.17) is 0 Å². The maximum atomic E-state index is 10.6. The molecule has 2 rings (SSSR count). The van der Waals surface area contributed by atoms with Crippen LogP contribution in [0.4, 0.5) is 0 Å². The minimum atomic E-state index is 0.781. The van der Waals surface area contributed by atoms with E-state index >= 15 is 0 Å². The average Bonchev–Trinajstić information content (AvgIpc) is 2.95. The Morgan fingerprint density at radius 1 is 1.12 bits per heavy atom. The quantitative estimate of drug-likeness (QED) is 0.507. The first-order chi connectivity index (χ1) is 7.88. The SMILES string of the molecule is O=CN1CCC(CCCCN2CCCC2)C1. The molecule has 2 aliphatic heterocycles. The van der Waals surface area contributed by atoms with Crippen molar-refractivity contribution < 1.29 is 4.79 Å². The third kappa shape index (κ3) is 3.48. The van der Waals surface area contributed by atoms with E-state index in [1.807, 2.05) is 4.90 Å². The second-order valence-electron chi connectivity index (χ2n) is 5.30. The fourth-order valence-corrected chi connectivity index (χ4v) is 2.97. The number of amides is 1. The monoisotopic (exact) mass is 224 g/mol. The van der Waals surface area contributed by atoms with E-state index in [1.165, 1.54) is 58.2 Å². The third-order valence-corrected chi connectivity index (χ3v) is 4.00. The van der Waals surface area contributed by atoms with Gasteiger partial charge < -0.3 is 9.80 Å². The second-order valence-corrected chi connectivity index (χ2v) is 5.30.